The maximum absolute atomic E-state index is 8.83. The Hall–Kier alpha value is -3.81. The summed E-state index contributed by atoms with van der Waals surface area (Å²) in [5.41, 5.74) is -0.703. The minimum absolute atomic E-state index is 0.0744. The number of nitriles is 5. The van der Waals surface area contributed by atoms with E-state index in [-0.39, 0.29) is 27.6 Å². The van der Waals surface area contributed by atoms with Gasteiger partial charge in [0, 0.05) is 0 Å². The number of benzene rings is 2. The first-order valence-corrected chi connectivity index (χ1v) is 12.2. The zero-order chi connectivity index (χ0) is 21.1. The Balaban J connectivity index is 0.000000211. The van der Waals surface area contributed by atoms with Crippen LogP contribution in [0.1, 0.15) is 27.6 Å². The van der Waals surface area contributed by atoms with E-state index in [0.29, 0.717) is 0 Å². The Bertz CT molecular complexity index is 1130. The molecule has 7 heteroatoms. The number of hydrogen-bond acceptors (Lipinski definition) is 5. The van der Waals surface area contributed by atoms with Crippen LogP contribution >= 0.6 is 0 Å². The van der Waals surface area contributed by atoms with E-state index < -0.39 is 23.2 Å². The summed E-state index contributed by atoms with van der Waals surface area (Å²) in [4.78, 5) is 0. The van der Waals surface area contributed by atoms with Crippen molar-refractivity contribution in [3.05, 3.63) is 88.3 Å². The molecule has 1 heterocycles. The third-order valence-corrected chi connectivity index (χ3v) is 8.58. The van der Waals surface area contributed by atoms with E-state index in [0.717, 1.165) is 6.91 Å². The Kier molecular flexibility index (Phi) is 8.24. The van der Waals surface area contributed by atoms with Crippen molar-refractivity contribution in [2.75, 3.05) is 0 Å². The van der Waals surface area contributed by atoms with Crippen LogP contribution in [-0.2, 0) is 0 Å². The van der Waals surface area contributed by atoms with Gasteiger partial charge in [-0.1, -0.05) is 0 Å². The first-order valence-electron chi connectivity index (χ1n) is 8.27. The van der Waals surface area contributed by atoms with Gasteiger partial charge < -0.3 is 0 Å². The van der Waals surface area contributed by atoms with Crippen molar-refractivity contribution in [2.45, 2.75) is 0 Å². The van der Waals surface area contributed by atoms with Crippen LogP contribution in [0.3, 0.4) is 0 Å². The predicted octanol–water partition coefficient (Wildman–Crippen LogP) is 1.46. The van der Waals surface area contributed by atoms with E-state index in [1.165, 1.54) is 0 Å². The molecule has 29 heavy (non-hydrogen) atoms. The molecule has 0 fully saturated rings. The van der Waals surface area contributed by atoms with E-state index in [9.17, 15) is 0 Å². The quantitative estimate of drug-likeness (QED) is 0.437. The normalized spacial score (nSPS) is 8.52. The fraction of sp³-hybridized carbons (Fsp3) is 0. The summed E-state index contributed by atoms with van der Waals surface area (Å²) in [5.74, 6) is 0. The molecule has 0 N–H and O–H groups in total. The van der Waals surface area contributed by atoms with Gasteiger partial charge in [0.25, 0.3) is 0 Å². The topological polar surface area (TPSA) is 119 Å². The molecule has 3 rings (SSSR count). The fourth-order valence-electron chi connectivity index (χ4n) is 2.41. The van der Waals surface area contributed by atoms with Crippen molar-refractivity contribution in [1.29, 1.82) is 26.3 Å². The van der Waals surface area contributed by atoms with Crippen molar-refractivity contribution in [2.24, 2.45) is 0 Å². The van der Waals surface area contributed by atoms with Crippen molar-refractivity contribution >= 4 is 36.7 Å². The Labute approximate surface area is 181 Å². The molecule has 132 valence electrons. The van der Waals surface area contributed by atoms with E-state index in [4.69, 9.17) is 26.3 Å². The average Bonchev–Trinajstić information content (AvgIpc) is 2.79. The van der Waals surface area contributed by atoms with Gasteiger partial charge in [-0.15, -0.1) is 0 Å². The molecule has 0 aliphatic carbocycles. The van der Waals surface area contributed by atoms with E-state index in [1.54, 1.807) is 36.9 Å². The molecule has 0 bridgehead atoms. The van der Waals surface area contributed by atoms with Crippen molar-refractivity contribution in [1.82, 2.24) is 0 Å². The molecule has 0 saturated heterocycles. The first kappa shape index (κ1) is 21.5. The molecule has 0 atom stereocenters. The third-order valence-electron chi connectivity index (χ3n) is 3.74. The van der Waals surface area contributed by atoms with Crippen LogP contribution < -0.4 is 6.54 Å². The van der Waals surface area contributed by atoms with Crippen molar-refractivity contribution in [3.63, 3.8) is 0 Å². The maximum atomic E-state index is 8.83. The van der Waals surface area contributed by atoms with Gasteiger partial charge in [0.2, 0.25) is 0 Å². The van der Waals surface area contributed by atoms with Crippen molar-refractivity contribution < 1.29 is 0 Å². The van der Waals surface area contributed by atoms with Crippen LogP contribution in [0, 0.1) is 56.7 Å². The Morgan fingerprint density at radius 2 is 0.897 bits per heavy atom. The summed E-state index contributed by atoms with van der Waals surface area (Å²) in [6.07, 6.45) is 0. The van der Waals surface area contributed by atoms with Gasteiger partial charge in [0.15, 0.2) is 0 Å². The average molecular weight is 565 g/mol. The molecule has 0 spiro atoms. The standard InChI is InChI=1S/C10BN5.2C6H5.Bi.H/c12-1-6-7(2-13)9(4-15)11-10(5-16)8(6)3-14;2*1-2-4-6-5-3-1;;/h;2*1-5H;;. The zero-order valence-electron chi connectivity index (χ0n) is 15.1. The summed E-state index contributed by atoms with van der Waals surface area (Å²) in [5, 5.41) is 43.9. The SMILES string of the molecule is N#Cc1bc(C#N)c(C#N)c(C#N)c1C#N.c1cc[c]([BiH][c]2ccccc2)cc1. The number of nitrogens with zero attached hydrogens (tertiary/aromatic N) is 5. The second-order valence-corrected chi connectivity index (χ2v) is 11.0. The van der Waals surface area contributed by atoms with Gasteiger partial charge in [0.05, 0.1) is 0 Å². The minimum atomic E-state index is -0.740. The summed E-state index contributed by atoms with van der Waals surface area (Å²) < 4.78 is 3.13. The summed E-state index contributed by atoms with van der Waals surface area (Å²) in [6.45, 7) is 1.14. The number of hydrogen-bond donors (Lipinski definition) is 0. The van der Waals surface area contributed by atoms with E-state index in [2.05, 4.69) is 60.7 Å². The first-order chi connectivity index (χ1) is 14.2. The third kappa shape index (κ3) is 5.58. The van der Waals surface area contributed by atoms with Crippen LogP contribution in [-0.4, -0.2) is 30.1 Å². The molecule has 1 aromatic heterocycles. The van der Waals surface area contributed by atoms with E-state index >= 15 is 0 Å². The molecule has 0 aliphatic rings. The molecular weight excluding hydrogens is 554 g/mol. The van der Waals surface area contributed by atoms with Gasteiger partial charge in [-0.3, -0.25) is 0 Å². The molecule has 0 aliphatic heterocycles. The van der Waals surface area contributed by atoms with Gasteiger partial charge in [-0.05, 0) is 0 Å². The van der Waals surface area contributed by atoms with Crippen LogP contribution in [0.5, 0.6) is 0 Å². The molecule has 0 saturated carbocycles. The zero-order valence-corrected chi connectivity index (χ0v) is 19.0. The Morgan fingerprint density at radius 1 is 0.517 bits per heavy atom. The van der Waals surface area contributed by atoms with Crippen molar-refractivity contribution in [3.8, 4) is 30.3 Å². The molecule has 5 nitrogen and oxygen atoms in total. The monoisotopic (exact) mass is 565 g/mol. The second-order valence-electron chi connectivity index (χ2n) is 5.51. The molecule has 3 aromatic rings. The molecule has 0 radical (unpaired) electrons. The summed E-state index contributed by atoms with van der Waals surface area (Å²) in [6, 6.07) is 30.1. The van der Waals surface area contributed by atoms with Crippen LogP contribution in [0.25, 0.3) is 0 Å². The van der Waals surface area contributed by atoms with Crippen LogP contribution in [0.4, 0.5) is 0 Å². The summed E-state index contributed by atoms with van der Waals surface area (Å²) >= 11 is -0.740. The number of rotatable bonds is 2. The second kappa shape index (κ2) is 11.1. The molecule has 0 amide bonds. The van der Waals surface area contributed by atoms with E-state index in [1.807, 2.05) is 0 Å². The molecule has 2 aromatic carbocycles. The Morgan fingerprint density at radius 3 is 1.21 bits per heavy atom. The van der Waals surface area contributed by atoms with Gasteiger partial charge >= 0.3 is 182 Å². The van der Waals surface area contributed by atoms with Gasteiger partial charge in [-0.25, -0.2) is 0 Å². The molecular formula is C22H11BBiN5. The molecule has 0 unspecified atom stereocenters. The van der Waals surface area contributed by atoms with Gasteiger partial charge in [0.1, 0.15) is 0 Å². The predicted molar refractivity (Wildman–Crippen MR) is 111 cm³/mol. The summed E-state index contributed by atoms with van der Waals surface area (Å²) in [7, 11) is 0. The van der Waals surface area contributed by atoms with Crippen LogP contribution in [0.2, 0.25) is 0 Å². The van der Waals surface area contributed by atoms with Gasteiger partial charge in [-0.2, -0.15) is 0 Å². The van der Waals surface area contributed by atoms with Crippen LogP contribution in [0.15, 0.2) is 60.7 Å². The fourth-order valence-corrected chi connectivity index (χ4v) is 6.50.